The number of aromatic nitrogens is 2. The molecule has 0 bridgehead atoms. The maximum Gasteiger partial charge on any atom is 0.243 e. The molecule has 2 amide bonds. The number of benzene rings is 1. The standard InChI is InChI=1S/C19H24N4O2/c1-2-7-18(24)22-12-5-10-17(22)19(25)20-14-15-8-3-4-9-16(15)23-13-6-11-21-23/h3-4,6,8-9,11,13,17H,2,5,7,10,12,14H2,1H3,(H,20,25)/t17-/m0/s1. The molecule has 1 atom stereocenters. The topological polar surface area (TPSA) is 67.2 Å². The minimum absolute atomic E-state index is 0.0720. The lowest BCUT2D eigenvalue weighted by Gasteiger charge is -2.24. The third-order valence-electron chi connectivity index (χ3n) is 4.54. The molecule has 1 aliphatic rings. The van der Waals surface area contributed by atoms with Gasteiger partial charge in [-0.25, -0.2) is 4.68 Å². The molecule has 1 saturated heterocycles. The Kier molecular flexibility index (Phi) is 5.48. The van der Waals surface area contributed by atoms with Crippen LogP contribution in [0.2, 0.25) is 0 Å². The third-order valence-corrected chi connectivity index (χ3v) is 4.54. The number of hydrogen-bond donors (Lipinski definition) is 1. The second-order valence-electron chi connectivity index (χ2n) is 6.29. The van der Waals surface area contributed by atoms with Gasteiger partial charge in [0.25, 0.3) is 0 Å². The number of para-hydroxylation sites is 1. The lowest BCUT2D eigenvalue weighted by molar-refractivity contribution is -0.138. The summed E-state index contributed by atoms with van der Waals surface area (Å²) in [5.41, 5.74) is 1.93. The highest BCUT2D eigenvalue weighted by Gasteiger charge is 2.33. The Hall–Kier alpha value is -2.63. The van der Waals surface area contributed by atoms with Crippen LogP contribution in [-0.4, -0.2) is 39.1 Å². The first kappa shape index (κ1) is 17.2. The molecule has 132 valence electrons. The molecule has 1 N–H and O–H groups in total. The summed E-state index contributed by atoms with van der Waals surface area (Å²) >= 11 is 0. The Morgan fingerprint density at radius 1 is 1.28 bits per heavy atom. The summed E-state index contributed by atoms with van der Waals surface area (Å²) in [7, 11) is 0. The van der Waals surface area contributed by atoms with Gasteiger partial charge in [0.2, 0.25) is 11.8 Å². The number of likely N-dealkylation sites (tertiary alicyclic amines) is 1. The number of carbonyl (C=O) groups excluding carboxylic acids is 2. The van der Waals surface area contributed by atoms with E-state index in [0.29, 0.717) is 19.5 Å². The van der Waals surface area contributed by atoms with Crippen LogP contribution in [0.1, 0.15) is 38.2 Å². The van der Waals surface area contributed by atoms with Gasteiger partial charge in [0.05, 0.1) is 5.69 Å². The minimum atomic E-state index is -0.337. The van der Waals surface area contributed by atoms with Gasteiger partial charge in [-0.3, -0.25) is 9.59 Å². The van der Waals surface area contributed by atoms with Crippen molar-refractivity contribution >= 4 is 11.8 Å². The maximum absolute atomic E-state index is 12.6. The van der Waals surface area contributed by atoms with Gasteiger partial charge in [-0.1, -0.05) is 25.1 Å². The van der Waals surface area contributed by atoms with Gasteiger partial charge in [0, 0.05) is 31.9 Å². The molecule has 0 saturated carbocycles. The van der Waals surface area contributed by atoms with Gasteiger partial charge >= 0.3 is 0 Å². The van der Waals surface area contributed by atoms with Crippen LogP contribution in [0.4, 0.5) is 0 Å². The van der Waals surface area contributed by atoms with Gasteiger partial charge in [-0.2, -0.15) is 5.10 Å². The maximum atomic E-state index is 12.6. The fourth-order valence-electron chi connectivity index (χ4n) is 3.29. The highest BCUT2D eigenvalue weighted by Crippen LogP contribution is 2.19. The fraction of sp³-hybridized carbons (Fsp3) is 0.421. The molecular weight excluding hydrogens is 316 g/mol. The molecule has 3 rings (SSSR count). The van der Waals surface area contributed by atoms with E-state index in [0.717, 1.165) is 30.5 Å². The van der Waals surface area contributed by atoms with Crippen LogP contribution < -0.4 is 5.32 Å². The number of hydrogen-bond acceptors (Lipinski definition) is 3. The average Bonchev–Trinajstić information content (AvgIpc) is 3.31. The largest absolute Gasteiger partial charge is 0.350 e. The zero-order valence-corrected chi connectivity index (χ0v) is 14.5. The van der Waals surface area contributed by atoms with Crippen molar-refractivity contribution in [1.29, 1.82) is 0 Å². The van der Waals surface area contributed by atoms with Gasteiger partial charge in [-0.05, 0) is 37.0 Å². The number of rotatable bonds is 6. The quantitative estimate of drug-likeness (QED) is 0.877. The number of nitrogens with zero attached hydrogens (tertiary/aromatic N) is 3. The van der Waals surface area contributed by atoms with Crippen LogP contribution in [-0.2, 0) is 16.1 Å². The third kappa shape index (κ3) is 3.90. The van der Waals surface area contributed by atoms with Crippen LogP contribution in [0.3, 0.4) is 0 Å². The van der Waals surface area contributed by atoms with Gasteiger partial charge in [0.1, 0.15) is 6.04 Å². The molecule has 2 heterocycles. The Morgan fingerprint density at radius 3 is 2.88 bits per heavy atom. The van der Waals surface area contributed by atoms with Crippen LogP contribution >= 0.6 is 0 Å². The zero-order valence-electron chi connectivity index (χ0n) is 14.5. The van der Waals surface area contributed by atoms with Crippen molar-refractivity contribution in [2.24, 2.45) is 0 Å². The summed E-state index contributed by atoms with van der Waals surface area (Å²) in [6.45, 7) is 3.08. The van der Waals surface area contributed by atoms with E-state index in [9.17, 15) is 9.59 Å². The average molecular weight is 340 g/mol. The molecule has 2 aromatic rings. The highest BCUT2D eigenvalue weighted by atomic mass is 16.2. The molecule has 1 aliphatic heterocycles. The first-order valence-electron chi connectivity index (χ1n) is 8.85. The molecule has 0 aliphatic carbocycles. The summed E-state index contributed by atoms with van der Waals surface area (Å²) < 4.78 is 1.79. The molecule has 0 unspecified atom stereocenters. The number of nitrogens with one attached hydrogen (secondary N) is 1. The molecule has 0 radical (unpaired) electrons. The summed E-state index contributed by atoms with van der Waals surface area (Å²) in [5, 5.41) is 7.25. The zero-order chi connectivity index (χ0) is 17.6. The van der Waals surface area contributed by atoms with Crippen LogP contribution in [0.5, 0.6) is 0 Å². The van der Waals surface area contributed by atoms with Crippen molar-refractivity contribution in [2.75, 3.05) is 6.54 Å². The van der Waals surface area contributed by atoms with Crippen molar-refractivity contribution in [3.8, 4) is 5.69 Å². The molecule has 0 spiro atoms. The van der Waals surface area contributed by atoms with Gasteiger partial charge in [-0.15, -0.1) is 0 Å². The van der Waals surface area contributed by atoms with E-state index in [1.165, 1.54) is 0 Å². The first-order valence-corrected chi connectivity index (χ1v) is 8.85. The lowest BCUT2D eigenvalue weighted by atomic mass is 10.1. The lowest BCUT2D eigenvalue weighted by Crippen LogP contribution is -2.45. The summed E-state index contributed by atoms with van der Waals surface area (Å²) in [5.74, 6) is 0.00862. The van der Waals surface area contributed by atoms with E-state index in [4.69, 9.17) is 0 Å². The molecular formula is C19H24N4O2. The van der Waals surface area contributed by atoms with E-state index in [1.54, 1.807) is 15.8 Å². The molecule has 1 aromatic heterocycles. The normalized spacial score (nSPS) is 16.8. The number of amides is 2. The Morgan fingerprint density at radius 2 is 2.12 bits per heavy atom. The molecule has 6 heteroatoms. The second-order valence-corrected chi connectivity index (χ2v) is 6.29. The smallest absolute Gasteiger partial charge is 0.243 e. The van der Waals surface area contributed by atoms with Crippen molar-refractivity contribution in [3.63, 3.8) is 0 Å². The van der Waals surface area contributed by atoms with E-state index < -0.39 is 0 Å². The van der Waals surface area contributed by atoms with Crippen molar-refractivity contribution in [3.05, 3.63) is 48.3 Å². The van der Waals surface area contributed by atoms with E-state index in [-0.39, 0.29) is 17.9 Å². The van der Waals surface area contributed by atoms with E-state index >= 15 is 0 Å². The van der Waals surface area contributed by atoms with Gasteiger partial charge < -0.3 is 10.2 Å². The van der Waals surface area contributed by atoms with Crippen LogP contribution in [0.15, 0.2) is 42.7 Å². The summed E-state index contributed by atoms with van der Waals surface area (Å²) in [6, 6.07) is 9.37. The van der Waals surface area contributed by atoms with E-state index in [1.807, 2.05) is 43.5 Å². The summed E-state index contributed by atoms with van der Waals surface area (Å²) in [6.07, 6.45) is 6.54. The monoisotopic (exact) mass is 340 g/mol. The first-order chi connectivity index (χ1) is 12.2. The summed E-state index contributed by atoms with van der Waals surface area (Å²) in [4.78, 5) is 26.5. The SMILES string of the molecule is CCCC(=O)N1CCC[C@H]1C(=O)NCc1ccccc1-n1cccn1. The van der Waals surface area contributed by atoms with Gasteiger partial charge in [0.15, 0.2) is 0 Å². The van der Waals surface area contributed by atoms with Crippen molar-refractivity contribution in [2.45, 2.75) is 45.2 Å². The Labute approximate surface area is 147 Å². The van der Waals surface area contributed by atoms with Crippen molar-refractivity contribution < 1.29 is 9.59 Å². The Balaban J connectivity index is 1.66. The Bertz CT molecular complexity index is 727. The molecule has 25 heavy (non-hydrogen) atoms. The fourth-order valence-corrected chi connectivity index (χ4v) is 3.29. The van der Waals surface area contributed by atoms with Crippen LogP contribution in [0, 0.1) is 0 Å². The van der Waals surface area contributed by atoms with E-state index in [2.05, 4.69) is 10.4 Å². The number of carbonyl (C=O) groups is 2. The highest BCUT2D eigenvalue weighted by molar-refractivity contribution is 5.88. The molecule has 1 aromatic carbocycles. The minimum Gasteiger partial charge on any atom is -0.350 e. The van der Waals surface area contributed by atoms with Crippen molar-refractivity contribution in [1.82, 2.24) is 20.0 Å². The van der Waals surface area contributed by atoms with Crippen LogP contribution in [0.25, 0.3) is 5.69 Å². The molecule has 1 fully saturated rings. The second kappa shape index (κ2) is 7.96. The molecule has 6 nitrogen and oxygen atoms in total. The predicted molar refractivity (Wildman–Crippen MR) is 95.1 cm³/mol. The predicted octanol–water partition coefficient (Wildman–Crippen LogP) is 2.28.